The monoisotopic (exact) mass is 253 g/mol. The lowest BCUT2D eigenvalue weighted by molar-refractivity contribution is 1.24. The van der Waals surface area contributed by atoms with E-state index in [4.69, 9.17) is 11.6 Å². The molecule has 17 heavy (non-hydrogen) atoms. The molecule has 0 bridgehead atoms. The molecular weight excluding hydrogens is 230 g/mol. The van der Waals surface area contributed by atoms with Gasteiger partial charge in [-0.25, -0.2) is 0 Å². The van der Waals surface area contributed by atoms with Crippen molar-refractivity contribution >= 4 is 29.6 Å². The smallest absolute Gasteiger partial charge is 0.0712 e. The minimum atomic E-state index is 0.676. The summed E-state index contributed by atoms with van der Waals surface area (Å²) in [6.45, 7) is 17.5. The van der Waals surface area contributed by atoms with E-state index in [1.807, 2.05) is 39.8 Å². The van der Waals surface area contributed by atoms with Crippen LogP contribution in [0, 0.1) is 0 Å². The van der Waals surface area contributed by atoms with E-state index in [0.29, 0.717) is 5.02 Å². The molecule has 0 amide bonds. The highest BCUT2D eigenvalue weighted by Gasteiger charge is 2.03. The van der Waals surface area contributed by atoms with Crippen LogP contribution in [-0.2, 0) is 0 Å². The summed E-state index contributed by atoms with van der Waals surface area (Å²) in [5.74, 6) is 0. The number of aliphatic imine (C=N–C) groups is 1. The fraction of sp³-hybridized carbons (Fsp3) is 0.400. The van der Waals surface area contributed by atoms with E-state index in [1.165, 1.54) is 0 Å². The van der Waals surface area contributed by atoms with Crippen LogP contribution in [0.25, 0.3) is 5.57 Å². The number of rotatable bonds is 3. The van der Waals surface area contributed by atoms with Crippen LogP contribution in [0.4, 0.5) is 5.69 Å². The van der Waals surface area contributed by atoms with Crippen LogP contribution >= 0.6 is 11.6 Å². The van der Waals surface area contributed by atoms with Crippen LogP contribution in [0.2, 0.25) is 5.02 Å². The fourth-order valence-corrected chi connectivity index (χ4v) is 1.29. The zero-order valence-electron chi connectivity index (χ0n) is 11.7. The molecule has 1 aromatic carbocycles. The van der Waals surface area contributed by atoms with Crippen LogP contribution in [-0.4, -0.2) is 6.72 Å². The predicted octanol–water partition coefficient (Wildman–Crippen LogP) is 6.15. The maximum Gasteiger partial charge on any atom is 0.0712 e. The molecule has 0 aromatic heterocycles. The number of nitrogens with zero attached hydrogens (tertiary/aromatic N) is 1. The Morgan fingerprint density at radius 3 is 2.18 bits per heavy atom. The molecule has 96 valence electrons. The lowest BCUT2D eigenvalue weighted by Gasteiger charge is -2.06. The summed E-state index contributed by atoms with van der Waals surface area (Å²) in [5.41, 5.74) is 2.89. The second kappa shape index (κ2) is 11.4. The first kappa shape index (κ1) is 18.3. The molecule has 1 rings (SSSR count). The van der Waals surface area contributed by atoms with E-state index in [2.05, 4.69) is 25.2 Å². The van der Waals surface area contributed by atoms with Crippen molar-refractivity contribution in [3.8, 4) is 0 Å². The molecule has 0 saturated heterocycles. The molecule has 0 fully saturated rings. The van der Waals surface area contributed by atoms with Gasteiger partial charge in [0, 0.05) is 10.6 Å². The van der Waals surface area contributed by atoms with Crippen molar-refractivity contribution < 1.29 is 0 Å². The van der Waals surface area contributed by atoms with Crippen LogP contribution < -0.4 is 0 Å². The molecule has 0 saturated carbocycles. The number of allylic oxidation sites excluding steroid dienone is 1. The molecule has 0 aliphatic carbocycles. The molecule has 0 unspecified atom stereocenters. The van der Waals surface area contributed by atoms with Gasteiger partial charge in [0.1, 0.15) is 0 Å². The van der Waals surface area contributed by atoms with Crippen molar-refractivity contribution in [2.45, 2.75) is 41.0 Å². The highest BCUT2D eigenvalue weighted by atomic mass is 35.5. The average Bonchev–Trinajstić information content (AvgIpc) is 2.42. The minimum absolute atomic E-state index is 0.676. The van der Waals surface area contributed by atoms with Crippen molar-refractivity contribution in [2.24, 2.45) is 4.99 Å². The second-order valence-electron chi connectivity index (χ2n) is 2.78. The van der Waals surface area contributed by atoms with E-state index in [9.17, 15) is 0 Å². The predicted molar refractivity (Wildman–Crippen MR) is 82.7 cm³/mol. The summed E-state index contributed by atoms with van der Waals surface area (Å²) >= 11 is 5.83. The standard InChI is InChI=1S/C11H12ClN.2C2H6/c1-4-8(2)10-6-5-9(12)7-11(10)13-3;2*1-2/h5-7H,2-4H2,1H3;2*1-2H3. The first-order chi connectivity index (χ1) is 8.19. The van der Waals surface area contributed by atoms with Crippen LogP contribution in [0.15, 0.2) is 29.8 Å². The average molecular weight is 254 g/mol. The number of halogens is 1. The molecule has 0 aliphatic heterocycles. The summed E-state index contributed by atoms with van der Waals surface area (Å²) < 4.78 is 0. The molecule has 1 nitrogen and oxygen atoms in total. The zero-order chi connectivity index (χ0) is 13.8. The van der Waals surface area contributed by atoms with Gasteiger partial charge in [-0.2, -0.15) is 0 Å². The van der Waals surface area contributed by atoms with Gasteiger partial charge in [-0.05, 0) is 30.8 Å². The molecule has 2 heteroatoms. The molecule has 0 aliphatic rings. The van der Waals surface area contributed by atoms with Crippen molar-refractivity contribution in [3.05, 3.63) is 35.4 Å². The van der Waals surface area contributed by atoms with E-state index < -0.39 is 0 Å². The molecule has 0 spiro atoms. The van der Waals surface area contributed by atoms with Gasteiger partial charge in [-0.15, -0.1) is 0 Å². The van der Waals surface area contributed by atoms with Crippen LogP contribution in [0.3, 0.4) is 0 Å². The Morgan fingerprint density at radius 1 is 1.24 bits per heavy atom. The lowest BCUT2D eigenvalue weighted by atomic mass is 10.0. The van der Waals surface area contributed by atoms with E-state index >= 15 is 0 Å². The minimum Gasteiger partial charge on any atom is -0.264 e. The Labute approximate surface area is 111 Å². The number of benzene rings is 1. The van der Waals surface area contributed by atoms with Gasteiger partial charge >= 0.3 is 0 Å². The first-order valence-corrected chi connectivity index (χ1v) is 6.51. The van der Waals surface area contributed by atoms with Crippen molar-refractivity contribution in [1.29, 1.82) is 0 Å². The third kappa shape index (κ3) is 6.28. The third-order valence-electron chi connectivity index (χ3n) is 1.94. The number of hydrogen-bond donors (Lipinski definition) is 0. The van der Waals surface area contributed by atoms with E-state index in [0.717, 1.165) is 23.2 Å². The van der Waals surface area contributed by atoms with E-state index in [-0.39, 0.29) is 0 Å². The highest BCUT2D eigenvalue weighted by molar-refractivity contribution is 6.30. The Balaban J connectivity index is 0. The van der Waals surface area contributed by atoms with Crippen molar-refractivity contribution in [2.75, 3.05) is 0 Å². The Bertz CT molecular complexity index is 343. The SMILES string of the molecule is C=Nc1cc(Cl)ccc1C(=C)CC.CC.CC. The first-order valence-electron chi connectivity index (χ1n) is 6.13. The molecule has 0 heterocycles. The maximum atomic E-state index is 5.83. The van der Waals surface area contributed by atoms with Gasteiger partial charge in [-0.1, -0.05) is 58.9 Å². The van der Waals surface area contributed by atoms with Crippen molar-refractivity contribution in [1.82, 2.24) is 0 Å². The summed E-state index contributed by atoms with van der Waals surface area (Å²) in [4.78, 5) is 3.91. The van der Waals surface area contributed by atoms with Gasteiger partial charge in [0.2, 0.25) is 0 Å². The normalized spacial score (nSPS) is 8.12. The molecular formula is C15H24ClN. The van der Waals surface area contributed by atoms with Crippen molar-refractivity contribution in [3.63, 3.8) is 0 Å². The number of hydrogen-bond acceptors (Lipinski definition) is 1. The van der Waals surface area contributed by atoms with Gasteiger partial charge in [0.15, 0.2) is 0 Å². The molecule has 0 atom stereocenters. The van der Waals surface area contributed by atoms with E-state index in [1.54, 1.807) is 6.07 Å². The van der Waals surface area contributed by atoms with Crippen LogP contribution in [0.5, 0.6) is 0 Å². The largest absolute Gasteiger partial charge is 0.264 e. The summed E-state index contributed by atoms with van der Waals surface area (Å²) in [5, 5.41) is 0.676. The fourth-order valence-electron chi connectivity index (χ4n) is 1.13. The summed E-state index contributed by atoms with van der Waals surface area (Å²) in [7, 11) is 0. The second-order valence-corrected chi connectivity index (χ2v) is 3.21. The summed E-state index contributed by atoms with van der Waals surface area (Å²) in [6, 6.07) is 5.56. The Hall–Kier alpha value is -1.08. The zero-order valence-corrected chi connectivity index (χ0v) is 12.4. The molecule has 0 radical (unpaired) electrons. The summed E-state index contributed by atoms with van der Waals surface area (Å²) in [6.07, 6.45) is 0.907. The van der Waals surface area contributed by atoms with Gasteiger partial charge < -0.3 is 0 Å². The lowest BCUT2D eigenvalue weighted by Crippen LogP contribution is -1.81. The van der Waals surface area contributed by atoms with Gasteiger partial charge in [0.05, 0.1) is 5.69 Å². The Morgan fingerprint density at radius 2 is 1.76 bits per heavy atom. The molecule has 0 N–H and O–H groups in total. The van der Waals surface area contributed by atoms with Gasteiger partial charge in [0.25, 0.3) is 0 Å². The molecule has 1 aromatic rings. The third-order valence-corrected chi connectivity index (χ3v) is 2.17. The maximum absolute atomic E-state index is 5.83. The topological polar surface area (TPSA) is 12.4 Å². The quantitative estimate of drug-likeness (QED) is 0.573. The highest BCUT2D eigenvalue weighted by Crippen LogP contribution is 2.29. The van der Waals surface area contributed by atoms with Gasteiger partial charge in [-0.3, -0.25) is 4.99 Å². The van der Waals surface area contributed by atoms with Crippen LogP contribution in [0.1, 0.15) is 46.6 Å². The Kier molecular flexibility index (Phi) is 12.3.